The van der Waals surface area contributed by atoms with Crippen LogP contribution in [-0.4, -0.2) is 18.5 Å². The minimum Gasteiger partial charge on any atom is -0.504 e. The van der Waals surface area contributed by atoms with Crippen molar-refractivity contribution in [3.8, 4) is 22.6 Å². The van der Waals surface area contributed by atoms with Gasteiger partial charge in [-0.15, -0.1) is 0 Å². The number of phenols is 1. The number of phenolic OH excluding ortho intramolecular Hbond substituents is 1. The fourth-order valence-corrected chi connectivity index (χ4v) is 2.00. The van der Waals surface area contributed by atoms with Gasteiger partial charge in [0, 0.05) is 11.1 Å². The number of aromatic hydroxyl groups is 1. The van der Waals surface area contributed by atoms with E-state index in [4.69, 9.17) is 4.74 Å². The van der Waals surface area contributed by atoms with Crippen LogP contribution in [0, 0.1) is 0 Å². The molecule has 0 saturated carbocycles. The summed E-state index contributed by atoms with van der Waals surface area (Å²) in [5.41, 5.74) is -0.273. The quantitative estimate of drug-likeness (QED) is 0.874. The predicted octanol–water partition coefficient (Wildman–Crippen LogP) is 3.90. The Labute approximate surface area is 118 Å². The Balaban J connectivity index is 2.66. The van der Waals surface area contributed by atoms with Gasteiger partial charge in [-0.05, 0) is 29.8 Å². The van der Waals surface area contributed by atoms with Crippen LogP contribution >= 0.6 is 0 Å². The van der Waals surface area contributed by atoms with Gasteiger partial charge in [0.25, 0.3) is 0 Å². The molecule has 0 radical (unpaired) electrons. The number of hydrogen-bond acceptors (Lipinski definition) is 3. The average molecular weight is 296 g/mol. The SMILES string of the molecule is COc1c(O)cc(C=O)cc1-c1cccc(C(F)(F)F)c1. The van der Waals surface area contributed by atoms with E-state index in [9.17, 15) is 23.1 Å². The summed E-state index contributed by atoms with van der Waals surface area (Å²) < 4.78 is 43.3. The summed E-state index contributed by atoms with van der Waals surface area (Å²) in [6.45, 7) is 0. The van der Waals surface area contributed by atoms with Crippen LogP contribution in [0.5, 0.6) is 11.5 Å². The fourth-order valence-electron chi connectivity index (χ4n) is 2.00. The van der Waals surface area contributed by atoms with Crippen LogP contribution in [0.2, 0.25) is 0 Å². The number of carbonyl (C=O) groups excluding carboxylic acids is 1. The van der Waals surface area contributed by atoms with Crippen LogP contribution in [-0.2, 0) is 6.18 Å². The minimum absolute atomic E-state index is 0.0138. The maximum absolute atomic E-state index is 12.8. The second-order valence-electron chi connectivity index (χ2n) is 4.32. The zero-order valence-corrected chi connectivity index (χ0v) is 10.9. The van der Waals surface area contributed by atoms with E-state index in [0.717, 1.165) is 12.1 Å². The normalized spacial score (nSPS) is 11.2. The van der Waals surface area contributed by atoms with Crippen molar-refractivity contribution >= 4 is 6.29 Å². The third-order valence-corrected chi connectivity index (χ3v) is 2.93. The second-order valence-corrected chi connectivity index (χ2v) is 4.32. The van der Waals surface area contributed by atoms with E-state index in [0.29, 0.717) is 6.29 Å². The van der Waals surface area contributed by atoms with E-state index < -0.39 is 11.7 Å². The monoisotopic (exact) mass is 296 g/mol. The zero-order chi connectivity index (χ0) is 15.6. The number of aldehydes is 1. The molecule has 0 aliphatic carbocycles. The van der Waals surface area contributed by atoms with Gasteiger partial charge in [-0.1, -0.05) is 12.1 Å². The number of benzene rings is 2. The topological polar surface area (TPSA) is 46.5 Å². The van der Waals surface area contributed by atoms with Crippen molar-refractivity contribution in [1.82, 2.24) is 0 Å². The summed E-state index contributed by atoms with van der Waals surface area (Å²) >= 11 is 0. The molecular formula is C15H11F3O3. The van der Waals surface area contributed by atoms with Gasteiger partial charge in [0.05, 0.1) is 12.7 Å². The van der Waals surface area contributed by atoms with Gasteiger partial charge in [-0.2, -0.15) is 13.2 Å². The Morgan fingerprint density at radius 2 is 1.90 bits per heavy atom. The van der Waals surface area contributed by atoms with E-state index >= 15 is 0 Å². The molecule has 0 aliphatic rings. The Morgan fingerprint density at radius 3 is 2.48 bits per heavy atom. The van der Waals surface area contributed by atoms with E-state index in [1.54, 1.807) is 0 Å². The predicted molar refractivity (Wildman–Crippen MR) is 70.5 cm³/mol. The molecule has 110 valence electrons. The molecule has 3 nitrogen and oxygen atoms in total. The molecular weight excluding hydrogens is 285 g/mol. The molecule has 2 rings (SSSR count). The first kappa shape index (κ1) is 14.9. The van der Waals surface area contributed by atoms with Gasteiger partial charge in [0.15, 0.2) is 11.5 Å². The molecule has 0 spiro atoms. The first-order chi connectivity index (χ1) is 9.86. The molecule has 6 heteroatoms. The molecule has 0 saturated heterocycles. The standard InChI is InChI=1S/C15H11F3O3/c1-21-14-12(5-9(8-19)6-13(14)20)10-3-2-4-11(7-10)15(16,17)18/h2-8,20H,1H3. The van der Waals surface area contributed by atoms with Gasteiger partial charge in [0.2, 0.25) is 0 Å². The number of ether oxygens (including phenoxy) is 1. The highest BCUT2D eigenvalue weighted by molar-refractivity contribution is 5.84. The average Bonchev–Trinajstić information content (AvgIpc) is 2.45. The lowest BCUT2D eigenvalue weighted by Gasteiger charge is -2.13. The molecule has 21 heavy (non-hydrogen) atoms. The van der Waals surface area contributed by atoms with E-state index in [1.165, 1.54) is 31.4 Å². The molecule has 0 fully saturated rings. The van der Waals surface area contributed by atoms with E-state index in [1.807, 2.05) is 0 Å². The fraction of sp³-hybridized carbons (Fsp3) is 0.133. The van der Waals surface area contributed by atoms with Crippen molar-refractivity contribution in [3.05, 3.63) is 47.5 Å². The lowest BCUT2D eigenvalue weighted by Crippen LogP contribution is -2.04. The Bertz CT molecular complexity index is 678. The van der Waals surface area contributed by atoms with Crippen LogP contribution in [0.25, 0.3) is 11.1 Å². The van der Waals surface area contributed by atoms with Crippen LogP contribution < -0.4 is 4.74 Å². The number of halogens is 3. The van der Waals surface area contributed by atoms with Crippen molar-refractivity contribution in [1.29, 1.82) is 0 Å². The summed E-state index contributed by atoms with van der Waals surface area (Å²) in [4.78, 5) is 10.8. The highest BCUT2D eigenvalue weighted by Gasteiger charge is 2.30. The van der Waals surface area contributed by atoms with Crippen molar-refractivity contribution in [2.24, 2.45) is 0 Å². The Hall–Kier alpha value is -2.50. The lowest BCUT2D eigenvalue weighted by atomic mass is 9.99. The zero-order valence-electron chi connectivity index (χ0n) is 10.9. The lowest BCUT2D eigenvalue weighted by molar-refractivity contribution is -0.137. The van der Waals surface area contributed by atoms with Gasteiger partial charge in [-0.3, -0.25) is 4.79 Å². The summed E-state index contributed by atoms with van der Waals surface area (Å²) in [5.74, 6) is -0.297. The van der Waals surface area contributed by atoms with Crippen LogP contribution in [0.15, 0.2) is 36.4 Å². The van der Waals surface area contributed by atoms with Gasteiger partial charge in [-0.25, -0.2) is 0 Å². The number of carbonyl (C=O) groups is 1. The second kappa shape index (κ2) is 5.47. The number of rotatable bonds is 3. The van der Waals surface area contributed by atoms with Crippen molar-refractivity contribution < 1.29 is 27.8 Å². The van der Waals surface area contributed by atoms with Gasteiger partial charge < -0.3 is 9.84 Å². The van der Waals surface area contributed by atoms with E-state index in [2.05, 4.69) is 0 Å². The molecule has 2 aromatic rings. The number of hydrogen-bond donors (Lipinski definition) is 1. The highest BCUT2D eigenvalue weighted by atomic mass is 19.4. The van der Waals surface area contributed by atoms with Crippen LogP contribution in [0.3, 0.4) is 0 Å². The summed E-state index contributed by atoms with van der Waals surface area (Å²) in [7, 11) is 1.28. The molecule has 2 aromatic carbocycles. The number of methoxy groups -OCH3 is 1. The molecule has 0 heterocycles. The Morgan fingerprint density at radius 1 is 1.19 bits per heavy atom. The maximum Gasteiger partial charge on any atom is 0.416 e. The number of alkyl halides is 3. The summed E-state index contributed by atoms with van der Waals surface area (Å²) in [6.07, 6.45) is -3.98. The Kier molecular flexibility index (Phi) is 3.88. The third-order valence-electron chi connectivity index (χ3n) is 2.93. The van der Waals surface area contributed by atoms with E-state index in [-0.39, 0.29) is 28.2 Å². The molecule has 0 amide bonds. The van der Waals surface area contributed by atoms with Crippen LogP contribution in [0.4, 0.5) is 13.2 Å². The smallest absolute Gasteiger partial charge is 0.416 e. The largest absolute Gasteiger partial charge is 0.504 e. The summed E-state index contributed by atoms with van der Waals surface area (Å²) in [5, 5.41) is 9.79. The molecule has 0 unspecified atom stereocenters. The van der Waals surface area contributed by atoms with Crippen LogP contribution in [0.1, 0.15) is 15.9 Å². The van der Waals surface area contributed by atoms with Crippen molar-refractivity contribution in [2.45, 2.75) is 6.18 Å². The first-order valence-electron chi connectivity index (χ1n) is 5.90. The highest BCUT2D eigenvalue weighted by Crippen LogP contribution is 2.40. The third kappa shape index (κ3) is 2.99. The molecule has 0 aromatic heterocycles. The van der Waals surface area contributed by atoms with Gasteiger partial charge in [0.1, 0.15) is 6.29 Å². The maximum atomic E-state index is 12.8. The summed E-state index contributed by atoms with van der Waals surface area (Å²) in [6, 6.07) is 7.12. The molecule has 0 atom stereocenters. The van der Waals surface area contributed by atoms with Gasteiger partial charge >= 0.3 is 6.18 Å². The molecule has 0 bridgehead atoms. The van der Waals surface area contributed by atoms with Crippen molar-refractivity contribution in [3.63, 3.8) is 0 Å². The molecule has 1 N–H and O–H groups in total. The van der Waals surface area contributed by atoms with Crippen molar-refractivity contribution in [2.75, 3.05) is 7.11 Å². The minimum atomic E-state index is -4.48. The first-order valence-corrected chi connectivity index (χ1v) is 5.90. The molecule has 0 aliphatic heterocycles.